The molecule has 0 aliphatic carbocycles. The van der Waals surface area contributed by atoms with Crippen LogP contribution in [0.3, 0.4) is 0 Å². The number of hydrogen-bond acceptors (Lipinski definition) is 3. The summed E-state index contributed by atoms with van der Waals surface area (Å²) in [6.07, 6.45) is 0. The van der Waals surface area contributed by atoms with Crippen molar-refractivity contribution >= 4 is 5.97 Å². The number of aromatic nitrogens is 1. The number of benzene rings is 1. The van der Waals surface area contributed by atoms with Crippen LogP contribution in [0, 0.1) is 17.5 Å². The Hall–Kier alpha value is -2.31. The van der Waals surface area contributed by atoms with Crippen molar-refractivity contribution in [1.29, 1.82) is 0 Å². The molecule has 0 saturated heterocycles. The Balaban J connectivity index is 2.60. The summed E-state index contributed by atoms with van der Waals surface area (Å²) in [5.41, 5.74) is -1.31. The Morgan fingerprint density at radius 2 is 1.88 bits per heavy atom. The molecule has 2 aromatic rings. The van der Waals surface area contributed by atoms with Crippen molar-refractivity contribution < 1.29 is 27.6 Å². The number of halogens is 3. The van der Waals surface area contributed by atoms with Gasteiger partial charge in [0.15, 0.2) is 23.1 Å². The second-order valence-electron chi connectivity index (χ2n) is 3.10. The van der Waals surface area contributed by atoms with Crippen molar-refractivity contribution in [2.75, 3.05) is 0 Å². The van der Waals surface area contributed by atoms with Gasteiger partial charge in [-0.2, -0.15) is 0 Å². The first-order valence-electron chi connectivity index (χ1n) is 4.34. The SMILES string of the molecule is O=C(O)c1cc(-c2c(F)ccc(F)c2F)on1. The maximum Gasteiger partial charge on any atom is 0.358 e. The molecule has 7 heteroatoms. The van der Waals surface area contributed by atoms with Crippen LogP contribution >= 0.6 is 0 Å². The third-order valence-electron chi connectivity index (χ3n) is 2.02. The number of nitrogens with zero attached hydrogens (tertiary/aromatic N) is 1. The Kier molecular flexibility index (Phi) is 2.58. The van der Waals surface area contributed by atoms with Crippen LogP contribution in [0.4, 0.5) is 13.2 Å². The van der Waals surface area contributed by atoms with Gasteiger partial charge in [0, 0.05) is 6.07 Å². The lowest BCUT2D eigenvalue weighted by Gasteiger charge is -2.00. The van der Waals surface area contributed by atoms with Crippen molar-refractivity contribution in [2.45, 2.75) is 0 Å². The molecule has 0 saturated carbocycles. The summed E-state index contributed by atoms with van der Waals surface area (Å²) >= 11 is 0. The number of hydrogen-bond donors (Lipinski definition) is 1. The Morgan fingerprint density at radius 1 is 1.24 bits per heavy atom. The molecule has 1 N–H and O–H groups in total. The highest BCUT2D eigenvalue weighted by atomic mass is 19.2. The number of carboxylic acid groups (broad SMARTS) is 1. The van der Waals surface area contributed by atoms with Gasteiger partial charge in [0.05, 0.1) is 5.56 Å². The summed E-state index contributed by atoms with van der Waals surface area (Å²) in [7, 11) is 0. The smallest absolute Gasteiger partial charge is 0.358 e. The van der Waals surface area contributed by atoms with Crippen LogP contribution < -0.4 is 0 Å². The van der Waals surface area contributed by atoms with Gasteiger partial charge in [0.2, 0.25) is 0 Å². The van der Waals surface area contributed by atoms with Gasteiger partial charge in [0.25, 0.3) is 0 Å². The molecule has 1 heterocycles. The predicted molar refractivity (Wildman–Crippen MR) is 48.8 cm³/mol. The van der Waals surface area contributed by atoms with Crippen LogP contribution in [0.5, 0.6) is 0 Å². The molecule has 0 fully saturated rings. The summed E-state index contributed by atoms with van der Waals surface area (Å²) in [6.45, 7) is 0. The molecule has 0 bridgehead atoms. The zero-order valence-electron chi connectivity index (χ0n) is 8.08. The van der Waals surface area contributed by atoms with Gasteiger partial charge < -0.3 is 9.63 Å². The van der Waals surface area contributed by atoms with E-state index in [1.54, 1.807) is 0 Å². The van der Waals surface area contributed by atoms with E-state index in [1.807, 2.05) is 0 Å². The van der Waals surface area contributed by atoms with Gasteiger partial charge in [-0.1, -0.05) is 5.16 Å². The molecule has 17 heavy (non-hydrogen) atoms. The molecule has 88 valence electrons. The van der Waals surface area contributed by atoms with Crippen molar-refractivity contribution in [3.05, 3.63) is 41.3 Å². The van der Waals surface area contributed by atoms with E-state index in [2.05, 4.69) is 9.68 Å². The average Bonchev–Trinajstić information content (AvgIpc) is 2.73. The molecule has 0 radical (unpaired) electrons. The fourth-order valence-electron chi connectivity index (χ4n) is 1.25. The lowest BCUT2D eigenvalue weighted by Crippen LogP contribution is -1.95. The first-order chi connectivity index (χ1) is 8.00. The molecule has 0 aliphatic rings. The zero-order chi connectivity index (χ0) is 12.6. The van der Waals surface area contributed by atoms with Gasteiger partial charge >= 0.3 is 5.97 Å². The highest BCUT2D eigenvalue weighted by molar-refractivity contribution is 5.86. The third kappa shape index (κ3) is 1.86. The van der Waals surface area contributed by atoms with Gasteiger partial charge in [0.1, 0.15) is 5.82 Å². The van der Waals surface area contributed by atoms with E-state index >= 15 is 0 Å². The van der Waals surface area contributed by atoms with Gasteiger partial charge in [-0.25, -0.2) is 18.0 Å². The number of rotatable bonds is 2. The van der Waals surface area contributed by atoms with Crippen LogP contribution in [0.2, 0.25) is 0 Å². The highest BCUT2D eigenvalue weighted by Crippen LogP contribution is 2.28. The molecule has 1 aromatic carbocycles. The van der Waals surface area contributed by atoms with Crippen molar-refractivity contribution in [3.63, 3.8) is 0 Å². The molecule has 0 amide bonds. The number of aromatic carboxylic acids is 1. The van der Waals surface area contributed by atoms with E-state index in [4.69, 9.17) is 5.11 Å². The Labute approximate surface area is 92.3 Å². The molecule has 2 rings (SSSR count). The summed E-state index contributed by atoms with van der Waals surface area (Å²) < 4.78 is 43.9. The lowest BCUT2D eigenvalue weighted by molar-refractivity contribution is 0.0686. The van der Waals surface area contributed by atoms with Crippen LogP contribution in [0.1, 0.15) is 10.5 Å². The molecular weight excluding hydrogens is 239 g/mol. The molecule has 4 nitrogen and oxygen atoms in total. The highest BCUT2D eigenvalue weighted by Gasteiger charge is 2.21. The maximum atomic E-state index is 13.3. The van der Waals surface area contributed by atoms with E-state index in [-0.39, 0.29) is 0 Å². The minimum absolute atomic E-state index is 0.489. The molecule has 1 aromatic heterocycles. The van der Waals surface area contributed by atoms with Gasteiger partial charge in [-0.05, 0) is 12.1 Å². The largest absolute Gasteiger partial charge is 0.476 e. The topological polar surface area (TPSA) is 63.3 Å². The van der Waals surface area contributed by atoms with E-state index < -0.39 is 40.4 Å². The van der Waals surface area contributed by atoms with E-state index in [9.17, 15) is 18.0 Å². The standard InChI is InChI=1S/C10H4F3NO3/c11-4-1-2-5(12)9(13)8(4)7-3-6(10(15)16)14-17-7/h1-3H,(H,15,16). The Morgan fingerprint density at radius 3 is 2.47 bits per heavy atom. The minimum atomic E-state index is -1.46. The second-order valence-corrected chi connectivity index (χ2v) is 3.10. The van der Waals surface area contributed by atoms with Crippen molar-refractivity contribution in [1.82, 2.24) is 5.16 Å². The molecule has 0 spiro atoms. The zero-order valence-corrected chi connectivity index (χ0v) is 8.08. The monoisotopic (exact) mass is 243 g/mol. The lowest BCUT2D eigenvalue weighted by atomic mass is 10.1. The first kappa shape index (κ1) is 11.2. The average molecular weight is 243 g/mol. The van der Waals surface area contributed by atoms with Crippen LogP contribution in [-0.4, -0.2) is 16.2 Å². The quantitative estimate of drug-likeness (QED) is 0.823. The van der Waals surface area contributed by atoms with Crippen LogP contribution in [0.25, 0.3) is 11.3 Å². The van der Waals surface area contributed by atoms with Gasteiger partial charge in [-0.3, -0.25) is 0 Å². The van der Waals surface area contributed by atoms with Crippen LogP contribution in [-0.2, 0) is 0 Å². The van der Waals surface area contributed by atoms with Crippen molar-refractivity contribution in [2.24, 2.45) is 0 Å². The molecular formula is C10H4F3NO3. The summed E-state index contributed by atoms with van der Waals surface area (Å²) in [6, 6.07) is 2.13. The van der Waals surface area contributed by atoms with Crippen LogP contribution in [0.15, 0.2) is 22.7 Å². The predicted octanol–water partition coefficient (Wildman–Crippen LogP) is 2.46. The summed E-state index contributed by atoms with van der Waals surface area (Å²) in [5, 5.41) is 11.6. The summed E-state index contributed by atoms with van der Waals surface area (Å²) in [4.78, 5) is 10.5. The van der Waals surface area contributed by atoms with Crippen molar-refractivity contribution in [3.8, 4) is 11.3 Å². The first-order valence-corrected chi connectivity index (χ1v) is 4.34. The van der Waals surface area contributed by atoms with E-state index in [0.717, 1.165) is 6.07 Å². The van der Waals surface area contributed by atoms with E-state index in [1.165, 1.54) is 0 Å². The summed E-state index contributed by atoms with van der Waals surface area (Å²) in [5.74, 6) is -5.71. The van der Waals surface area contributed by atoms with E-state index in [0.29, 0.717) is 12.1 Å². The normalized spacial score (nSPS) is 10.5. The molecule has 0 unspecified atom stereocenters. The minimum Gasteiger partial charge on any atom is -0.476 e. The number of carboxylic acids is 1. The molecule has 0 atom stereocenters. The molecule has 0 aliphatic heterocycles. The fraction of sp³-hybridized carbons (Fsp3) is 0. The maximum absolute atomic E-state index is 13.3. The Bertz CT molecular complexity index is 594. The third-order valence-corrected chi connectivity index (χ3v) is 2.02. The number of carbonyl (C=O) groups is 1. The fourth-order valence-corrected chi connectivity index (χ4v) is 1.25. The van der Waals surface area contributed by atoms with Gasteiger partial charge in [-0.15, -0.1) is 0 Å². The second kappa shape index (κ2) is 3.93.